The Balaban J connectivity index is 2.41. The van der Waals surface area contributed by atoms with E-state index in [-0.39, 0.29) is 0 Å². The standard InChI is InChI=1S/C7H6BrN5/c1-7(10-12-13-11-7)6-3-2-5(8)4-9-6/h2-4H,1H3. The molecule has 0 spiro atoms. The summed E-state index contributed by atoms with van der Waals surface area (Å²) in [4.78, 5) is 4.18. The molecule has 0 atom stereocenters. The molecule has 0 saturated heterocycles. The van der Waals surface area contributed by atoms with Crippen LogP contribution in [0.2, 0.25) is 0 Å². The Hall–Kier alpha value is -1.17. The molecule has 0 unspecified atom stereocenters. The van der Waals surface area contributed by atoms with Crippen LogP contribution in [0.3, 0.4) is 0 Å². The Labute approximate surface area is 83.1 Å². The number of aromatic nitrogens is 1. The number of hydrogen-bond donors (Lipinski definition) is 0. The van der Waals surface area contributed by atoms with Gasteiger partial charge in [-0.3, -0.25) is 4.98 Å². The summed E-state index contributed by atoms with van der Waals surface area (Å²) in [6.07, 6.45) is 1.70. The lowest BCUT2D eigenvalue weighted by Crippen LogP contribution is -2.14. The van der Waals surface area contributed by atoms with Gasteiger partial charge in [-0.1, -0.05) is 0 Å². The van der Waals surface area contributed by atoms with Gasteiger partial charge in [-0.05, 0) is 45.4 Å². The smallest absolute Gasteiger partial charge is 0.233 e. The Bertz CT molecular complexity index is 357. The summed E-state index contributed by atoms with van der Waals surface area (Å²) in [5, 5.41) is 14.7. The van der Waals surface area contributed by atoms with Crippen LogP contribution in [0.5, 0.6) is 0 Å². The lowest BCUT2D eigenvalue weighted by Gasteiger charge is -2.11. The molecule has 2 heterocycles. The minimum Gasteiger partial charge on any atom is -0.255 e. The van der Waals surface area contributed by atoms with E-state index >= 15 is 0 Å². The van der Waals surface area contributed by atoms with E-state index in [1.54, 1.807) is 6.20 Å². The molecule has 0 aromatic carbocycles. The van der Waals surface area contributed by atoms with Gasteiger partial charge in [0.15, 0.2) is 0 Å². The predicted molar refractivity (Wildman–Crippen MR) is 49.0 cm³/mol. The molecule has 0 aliphatic carbocycles. The van der Waals surface area contributed by atoms with Crippen LogP contribution >= 0.6 is 15.9 Å². The van der Waals surface area contributed by atoms with Gasteiger partial charge in [0.1, 0.15) is 0 Å². The van der Waals surface area contributed by atoms with Gasteiger partial charge in [-0.2, -0.15) is 0 Å². The van der Waals surface area contributed by atoms with Gasteiger partial charge >= 0.3 is 0 Å². The molecule has 1 aromatic rings. The summed E-state index contributed by atoms with van der Waals surface area (Å²) in [6, 6.07) is 3.73. The number of rotatable bonds is 1. The second kappa shape index (κ2) is 2.95. The van der Waals surface area contributed by atoms with Crippen molar-refractivity contribution < 1.29 is 0 Å². The van der Waals surface area contributed by atoms with E-state index in [1.165, 1.54) is 0 Å². The van der Waals surface area contributed by atoms with Crippen molar-refractivity contribution in [1.29, 1.82) is 0 Å². The molecule has 0 bridgehead atoms. The van der Waals surface area contributed by atoms with E-state index in [0.717, 1.165) is 10.2 Å². The quantitative estimate of drug-likeness (QED) is 0.744. The zero-order valence-corrected chi connectivity index (χ0v) is 8.43. The normalized spacial score (nSPS) is 18.0. The Morgan fingerprint density at radius 2 is 1.92 bits per heavy atom. The maximum Gasteiger partial charge on any atom is 0.233 e. The lowest BCUT2D eigenvalue weighted by molar-refractivity contribution is 0.501. The van der Waals surface area contributed by atoms with E-state index in [2.05, 4.69) is 41.6 Å². The maximum atomic E-state index is 4.18. The molecule has 0 N–H and O–H groups in total. The van der Waals surface area contributed by atoms with Crippen molar-refractivity contribution in [3.63, 3.8) is 0 Å². The van der Waals surface area contributed by atoms with E-state index < -0.39 is 5.66 Å². The van der Waals surface area contributed by atoms with Gasteiger partial charge in [-0.15, -0.1) is 10.2 Å². The van der Waals surface area contributed by atoms with E-state index in [4.69, 9.17) is 0 Å². The molecular weight excluding hydrogens is 234 g/mol. The highest BCUT2D eigenvalue weighted by molar-refractivity contribution is 9.10. The number of pyridine rings is 1. The van der Waals surface area contributed by atoms with Gasteiger partial charge in [0.25, 0.3) is 0 Å². The molecule has 0 radical (unpaired) electrons. The summed E-state index contributed by atoms with van der Waals surface area (Å²) in [5.41, 5.74) is 0.00134. The molecule has 1 aliphatic heterocycles. The fraction of sp³-hybridized carbons (Fsp3) is 0.286. The summed E-state index contributed by atoms with van der Waals surface area (Å²) >= 11 is 3.30. The Kier molecular flexibility index (Phi) is 1.91. The lowest BCUT2D eigenvalue weighted by atomic mass is 10.1. The van der Waals surface area contributed by atoms with Crippen LogP contribution in [0, 0.1) is 0 Å². The van der Waals surface area contributed by atoms with Crippen molar-refractivity contribution >= 4 is 15.9 Å². The van der Waals surface area contributed by atoms with Crippen LogP contribution in [0.4, 0.5) is 0 Å². The largest absolute Gasteiger partial charge is 0.255 e. The van der Waals surface area contributed by atoms with E-state index in [0.29, 0.717) is 0 Å². The molecule has 5 nitrogen and oxygen atoms in total. The average Bonchev–Trinajstić information content (AvgIpc) is 2.54. The van der Waals surface area contributed by atoms with Crippen molar-refractivity contribution in [3.05, 3.63) is 28.5 Å². The summed E-state index contributed by atoms with van der Waals surface area (Å²) in [7, 11) is 0. The number of hydrogen-bond acceptors (Lipinski definition) is 5. The van der Waals surface area contributed by atoms with Gasteiger partial charge < -0.3 is 0 Å². The first-order valence-electron chi connectivity index (χ1n) is 3.67. The number of nitrogens with zero attached hydrogens (tertiary/aromatic N) is 5. The van der Waals surface area contributed by atoms with Gasteiger partial charge in [-0.25, -0.2) is 0 Å². The maximum absolute atomic E-state index is 4.18. The van der Waals surface area contributed by atoms with Gasteiger partial charge in [0.05, 0.1) is 5.69 Å². The van der Waals surface area contributed by atoms with Gasteiger partial charge in [0.2, 0.25) is 5.66 Å². The molecule has 0 amide bonds. The highest BCUT2D eigenvalue weighted by Gasteiger charge is 2.30. The molecule has 2 rings (SSSR count). The second-order valence-corrected chi connectivity index (χ2v) is 3.68. The van der Waals surface area contributed by atoms with Crippen molar-refractivity contribution in [3.8, 4) is 0 Å². The van der Waals surface area contributed by atoms with Crippen molar-refractivity contribution in [2.45, 2.75) is 12.6 Å². The first-order chi connectivity index (χ1) is 6.21. The fourth-order valence-electron chi connectivity index (χ4n) is 0.993. The first-order valence-corrected chi connectivity index (χ1v) is 4.46. The van der Waals surface area contributed by atoms with Crippen LogP contribution in [0.15, 0.2) is 43.5 Å². The molecule has 0 fully saturated rings. The summed E-state index contributed by atoms with van der Waals surface area (Å²) in [5.74, 6) is 0. The van der Waals surface area contributed by atoms with Crippen molar-refractivity contribution in [1.82, 2.24) is 4.98 Å². The van der Waals surface area contributed by atoms with Crippen molar-refractivity contribution in [2.75, 3.05) is 0 Å². The molecule has 6 heteroatoms. The topological polar surface area (TPSA) is 62.3 Å². The molecule has 13 heavy (non-hydrogen) atoms. The van der Waals surface area contributed by atoms with E-state index in [1.807, 2.05) is 19.1 Å². The van der Waals surface area contributed by atoms with Crippen LogP contribution in [0.25, 0.3) is 0 Å². The van der Waals surface area contributed by atoms with Crippen LogP contribution < -0.4 is 0 Å². The Morgan fingerprint density at radius 3 is 2.46 bits per heavy atom. The minimum absolute atomic E-state index is 0.735. The monoisotopic (exact) mass is 239 g/mol. The van der Waals surface area contributed by atoms with Gasteiger partial charge in [0, 0.05) is 10.7 Å². The SMILES string of the molecule is CC1(c2ccc(Br)cn2)N=NN=N1. The van der Waals surface area contributed by atoms with E-state index in [9.17, 15) is 0 Å². The first kappa shape index (κ1) is 8.43. The van der Waals surface area contributed by atoms with Crippen LogP contribution in [-0.4, -0.2) is 4.98 Å². The predicted octanol–water partition coefficient (Wildman–Crippen LogP) is 2.85. The highest BCUT2D eigenvalue weighted by atomic mass is 79.9. The fourth-order valence-corrected chi connectivity index (χ4v) is 1.23. The average molecular weight is 240 g/mol. The molecular formula is C7H6BrN5. The highest BCUT2D eigenvalue weighted by Crippen LogP contribution is 2.30. The van der Waals surface area contributed by atoms with Crippen LogP contribution in [-0.2, 0) is 5.66 Å². The summed E-state index contributed by atoms with van der Waals surface area (Å²) in [6.45, 7) is 1.81. The molecule has 66 valence electrons. The molecule has 1 aromatic heterocycles. The van der Waals surface area contributed by atoms with Crippen molar-refractivity contribution in [2.24, 2.45) is 20.7 Å². The summed E-state index contributed by atoms with van der Waals surface area (Å²) < 4.78 is 0.923. The minimum atomic E-state index is -0.735. The number of halogens is 1. The Morgan fingerprint density at radius 1 is 1.23 bits per heavy atom. The molecule has 0 saturated carbocycles. The third-order valence-corrected chi connectivity index (χ3v) is 2.20. The van der Waals surface area contributed by atoms with Crippen LogP contribution in [0.1, 0.15) is 12.6 Å². The molecule has 1 aliphatic rings. The second-order valence-electron chi connectivity index (χ2n) is 2.76. The third-order valence-electron chi connectivity index (χ3n) is 1.73. The third kappa shape index (κ3) is 1.49. The zero-order chi connectivity index (χ0) is 9.31. The zero-order valence-electron chi connectivity index (χ0n) is 6.85.